The van der Waals surface area contributed by atoms with Crippen LogP contribution in [0.1, 0.15) is 20.3 Å². The van der Waals surface area contributed by atoms with Crippen LogP contribution in [0.5, 0.6) is 0 Å². The largest absolute Gasteiger partial charge is 0.378 e. The van der Waals surface area contributed by atoms with Gasteiger partial charge in [-0.2, -0.15) is 0 Å². The minimum atomic E-state index is -0.387. The number of nitrogens with one attached hydrogen (secondary N) is 1. The van der Waals surface area contributed by atoms with E-state index in [0.29, 0.717) is 36.3 Å². The number of anilines is 1. The molecule has 116 valence electrons. The molecular weight excluding hydrogens is 312 g/mol. The molecule has 0 aromatic carbocycles. The zero-order chi connectivity index (χ0) is 15.1. The van der Waals surface area contributed by atoms with Crippen LogP contribution >= 0.6 is 22.9 Å². The van der Waals surface area contributed by atoms with Crippen LogP contribution in [0.3, 0.4) is 0 Å². The maximum atomic E-state index is 12.5. The van der Waals surface area contributed by atoms with Crippen LogP contribution in [0, 0.1) is 0 Å². The molecule has 5 nitrogen and oxygen atoms in total. The zero-order valence-electron chi connectivity index (χ0n) is 12.1. The molecule has 3 heterocycles. The summed E-state index contributed by atoms with van der Waals surface area (Å²) in [5, 5.41) is 4.73. The number of ether oxygens (including phenoxy) is 2. The van der Waals surface area contributed by atoms with Crippen molar-refractivity contribution in [3.05, 3.63) is 15.8 Å². The van der Waals surface area contributed by atoms with Gasteiger partial charge in [-0.25, -0.2) is 4.79 Å². The normalized spacial score (nSPS) is 28.0. The van der Waals surface area contributed by atoms with E-state index in [-0.39, 0.29) is 17.2 Å². The van der Waals surface area contributed by atoms with Crippen LogP contribution in [0.15, 0.2) is 11.4 Å². The Balaban J connectivity index is 1.74. The second kappa shape index (κ2) is 5.43. The summed E-state index contributed by atoms with van der Waals surface area (Å²) in [6.45, 7) is 6.32. The molecule has 0 unspecified atom stereocenters. The highest BCUT2D eigenvalue weighted by Gasteiger charge is 2.48. The maximum absolute atomic E-state index is 12.5. The van der Waals surface area contributed by atoms with Crippen molar-refractivity contribution in [1.82, 2.24) is 4.90 Å². The summed E-state index contributed by atoms with van der Waals surface area (Å²) < 4.78 is 12.3. The Labute approximate surface area is 133 Å². The van der Waals surface area contributed by atoms with Crippen molar-refractivity contribution in [3.63, 3.8) is 0 Å². The second-order valence-electron chi connectivity index (χ2n) is 6.24. The topological polar surface area (TPSA) is 50.8 Å². The summed E-state index contributed by atoms with van der Waals surface area (Å²) in [5.74, 6) is 0. The molecule has 1 atom stereocenters. The fourth-order valence-corrected chi connectivity index (χ4v) is 3.86. The lowest BCUT2D eigenvalue weighted by Crippen LogP contribution is -2.62. The molecule has 0 aliphatic carbocycles. The summed E-state index contributed by atoms with van der Waals surface area (Å²) in [6.07, 6.45) is 0.819. The third kappa shape index (κ3) is 3.18. The van der Waals surface area contributed by atoms with Gasteiger partial charge in [-0.1, -0.05) is 11.6 Å². The Bertz CT molecular complexity index is 540. The van der Waals surface area contributed by atoms with Gasteiger partial charge in [0.25, 0.3) is 0 Å². The van der Waals surface area contributed by atoms with E-state index in [9.17, 15) is 4.79 Å². The Hall–Kier alpha value is -0.820. The van der Waals surface area contributed by atoms with E-state index in [1.165, 1.54) is 11.3 Å². The van der Waals surface area contributed by atoms with Gasteiger partial charge in [0.1, 0.15) is 9.94 Å². The summed E-state index contributed by atoms with van der Waals surface area (Å²) in [5.41, 5.74) is -0.105. The number of halogens is 1. The van der Waals surface area contributed by atoms with Gasteiger partial charge in [0.15, 0.2) is 0 Å². The number of nitrogens with zero attached hydrogens (tertiary/aromatic N) is 1. The van der Waals surface area contributed by atoms with Crippen molar-refractivity contribution >= 4 is 34.7 Å². The van der Waals surface area contributed by atoms with Crippen molar-refractivity contribution in [1.29, 1.82) is 0 Å². The highest BCUT2D eigenvalue weighted by atomic mass is 35.5. The molecule has 2 amide bonds. The third-order valence-electron chi connectivity index (χ3n) is 3.76. The van der Waals surface area contributed by atoms with E-state index in [4.69, 9.17) is 21.1 Å². The number of amides is 2. The van der Waals surface area contributed by atoms with Crippen LogP contribution in [-0.2, 0) is 9.47 Å². The number of hydrogen-bond donors (Lipinski definition) is 1. The molecule has 1 aromatic rings. The monoisotopic (exact) mass is 330 g/mol. The SMILES string of the molecule is CC1(C)CN(C(=O)Nc2ccsc2Cl)C[C@]2(CCOC2)O1. The highest BCUT2D eigenvalue weighted by molar-refractivity contribution is 7.15. The Morgan fingerprint density at radius 1 is 1.48 bits per heavy atom. The molecule has 2 fully saturated rings. The van der Waals surface area contributed by atoms with Crippen LogP contribution in [0.25, 0.3) is 0 Å². The fraction of sp³-hybridized carbons (Fsp3) is 0.643. The van der Waals surface area contributed by atoms with Crippen molar-refractivity contribution < 1.29 is 14.3 Å². The molecule has 0 saturated carbocycles. The van der Waals surface area contributed by atoms with Crippen molar-refractivity contribution in [2.75, 3.05) is 31.6 Å². The minimum Gasteiger partial charge on any atom is -0.378 e. The lowest BCUT2D eigenvalue weighted by atomic mass is 9.95. The van der Waals surface area contributed by atoms with Crippen LogP contribution in [0.2, 0.25) is 4.34 Å². The predicted octanol–water partition coefficient (Wildman–Crippen LogP) is 3.20. The van der Waals surface area contributed by atoms with Gasteiger partial charge in [-0.15, -0.1) is 11.3 Å². The first-order chi connectivity index (χ1) is 9.89. The molecule has 2 saturated heterocycles. The average molecular weight is 331 g/mol. The quantitative estimate of drug-likeness (QED) is 0.860. The minimum absolute atomic E-state index is 0.141. The van der Waals surface area contributed by atoms with E-state index < -0.39 is 0 Å². The van der Waals surface area contributed by atoms with Crippen molar-refractivity contribution in [2.45, 2.75) is 31.5 Å². The van der Waals surface area contributed by atoms with Crippen LogP contribution in [-0.4, -0.2) is 48.4 Å². The van der Waals surface area contributed by atoms with Crippen molar-refractivity contribution in [2.24, 2.45) is 0 Å². The smallest absolute Gasteiger partial charge is 0.322 e. The summed E-state index contributed by atoms with van der Waals surface area (Å²) in [6, 6.07) is 1.67. The van der Waals surface area contributed by atoms with Gasteiger partial charge in [0, 0.05) is 13.0 Å². The van der Waals surface area contributed by atoms with Gasteiger partial charge < -0.3 is 19.7 Å². The molecule has 21 heavy (non-hydrogen) atoms. The predicted molar refractivity (Wildman–Crippen MR) is 83.3 cm³/mol. The van der Waals surface area contributed by atoms with E-state index in [0.717, 1.165) is 6.42 Å². The first kappa shape index (κ1) is 15.1. The highest BCUT2D eigenvalue weighted by Crippen LogP contribution is 2.35. The molecule has 2 aliphatic heterocycles. The molecule has 0 radical (unpaired) electrons. The van der Waals surface area contributed by atoms with Gasteiger partial charge in [-0.05, 0) is 25.3 Å². The zero-order valence-corrected chi connectivity index (χ0v) is 13.7. The molecule has 3 rings (SSSR count). The molecule has 1 aromatic heterocycles. The molecule has 7 heteroatoms. The first-order valence-corrected chi connectivity index (χ1v) is 8.22. The van der Waals surface area contributed by atoms with Crippen LogP contribution in [0.4, 0.5) is 10.5 Å². The lowest BCUT2D eigenvalue weighted by Gasteiger charge is -2.47. The number of urea groups is 1. The average Bonchev–Trinajstić information content (AvgIpc) is 2.98. The van der Waals surface area contributed by atoms with Gasteiger partial charge in [0.2, 0.25) is 0 Å². The number of carbonyl (C=O) groups is 1. The van der Waals surface area contributed by atoms with Crippen molar-refractivity contribution in [3.8, 4) is 0 Å². The summed E-state index contributed by atoms with van der Waals surface area (Å²) >= 11 is 7.44. The van der Waals surface area contributed by atoms with E-state index in [1.54, 1.807) is 4.90 Å². The third-order valence-corrected chi connectivity index (χ3v) is 4.93. The van der Waals surface area contributed by atoms with E-state index in [1.807, 2.05) is 25.3 Å². The number of hydrogen-bond acceptors (Lipinski definition) is 4. The van der Waals surface area contributed by atoms with Gasteiger partial charge in [-0.3, -0.25) is 0 Å². The van der Waals surface area contributed by atoms with E-state index >= 15 is 0 Å². The van der Waals surface area contributed by atoms with E-state index in [2.05, 4.69) is 5.32 Å². The van der Waals surface area contributed by atoms with Gasteiger partial charge >= 0.3 is 6.03 Å². The molecule has 0 bridgehead atoms. The summed E-state index contributed by atoms with van der Waals surface area (Å²) in [7, 11) is 0. The number of carbonyl (C=O) groups excluding carboxylic acids is 1. The lowest BCUT2D eigenvalue weighted by molar-refractivity contribution is -0.185. The first-order valence-electron chi connectivity index (χ1n) is 6.96. The van der Waals surface area contributed by atoms with Gasteiger partial charge in [0.05, 0.1) is 31.0 Å². The Morgan fingerprint density at radius 2 is 2.29 bits per heavy atom. The number of morpholine rings is 1. The fourth-order valence-electron chi connectivity index (χ4n) is 3.03. The Kier molecular flexibility index (Phi) is 3.90. The maximum Gasteiger partial charge on any atom is 0.322 e. The number of thiophene rings is 1. The second-order valence-corrected chi connectivity index (χ2v) is 7.76. The standard InChI is InChI=1S/C14H19ClN2O3S/c1-13(2)7-17(8-14(20-13)4-5-19-9-14)12(18)16-10-3-6-21-11(10)15/h3,6H,4-5,7-9H2,1-2H3,(H,16,18)/t14-/m0/s1. The Morgan fingerprint density at radius 3 is 2.90 bits per heavy atom. The molecule has 1 spiro atoms. The molecule has 2 aliphatic rings. The molecular formula is C14H19ClN2O3S. The summed E-state index contributed by atoms with van der Waals surface area (Å²) in [4.78, 5) is 14.3. The number of rotatable bonds is 1. The van der Waals surface area contributed by atoms with Crippen LogP contribution < -0.4 is 5.32 Å². The molecule has 1 N–H and O–H groups in total.